The largest absolute Gasteiger partial charge is 0.462 e. The average Bonchev–Trinajstić information content (AvgIpc) is 3.01. The van der Waals surface area contributed by atoms with Crippen LogP contribution >= 0.6 is 0 Å². The third-order valence-corrected chi connectivity index (χ3v) is 11.8. The Balaban J connectivity index is 4.46. The third-order valence-electron chi connectivity index (χ3n) is 11.8. The Morgan fingerprint density at radius 2 is 0.680 bits per heavy atom. The van der Waals surface area contributed by atoms with Crippen LogP contribution in [0.3, 0.4) is 0 Å². The summed E-state index contributed by atoms with van der Waals surface area (Å²) in [5.74, 6) is 6.60. The van der Waals surface area contributed by atoms with Crippen molar-refractivity contribution in [2.24, 2.45) is 47.3 Å². The molecule has 3 nitrogen and oxygen atoms in total. The Bertz CT molecular complexity index is 699. The molecule has 0 saturated heterocycles. The van der Waals surface area contributed by atoms with Gasteiger partial charge in [-0.15, -0.1) is 0 Å². The van der Waals surface area contributed by atoms with E-state index in [1.807, 2.05) is 0 Å². The van der Waals surface area contributed by atoms with Gasteiger partial charge in [0.15, 0.2) is 0 Å². The van der Waals surface area contributed by atoms with Gasteiger partial charge in [-0.05, 0) is 100 Å². The van der Waals surface area contributed by atoms with Gasteiger partial charge in [-0.1, -0.05) is 185 Å². The summed E-state index contributed by atoms with van der Waals surface area (Å²) in [5.41, 5.74) is 0. The lowest BCUT2D eigenvalue weighted by Crippen LogP contribution is -2.21. The van der Waals surface area contributed by atoms with Gasteiger partial charge in [0.1, 0.15) is 6.10 Å². The van der Waals surface area contributed by atoms with Crippen LogP contribution in [0.2, 0.25) is 0 Å². The molecule has 0 fully saturated rings. The Morgan fingerprint density at radius 3 is 0.960 bits per heavy atom. The summed E-state index contributed by atoms with van der Waals surface area (Å²) in [6, 6.07) is 0. The first-order chi connectivity index (χ1) is 23.7. The van der Waals surface area contributed by atoms with E-state index in [0.29, 0.717) is 18.3 Å². The van der Waals surface area contributed by atoms with E-state index in [2.05, 4.69) is 88.2 Å². The first-order valence-corrected chi connectivity index (χ1v) is 22.5. The van der Waals surface area contributed by atoms with E-state index in [0.717, 1.165) is 61.3 Å². The molecule has 0 rings (SSSR count). The lowest BCUT2D eigenvalue weighted by molar-refractivity contribution is -0.150. The van der Waals surface area contributed by atoms with Crippen molar-refractivity contribution in [1.29, 1.82) is 0 Å². The number of carbonyl (C=O) groups excluding carboxylic acids is 1. The molecule has 0 aliphatic rings. The zero-order valence-corrected chi connectivity index (χ0v) is 36.6. The molecule has 0 saturated carbocycles. The minimum Gasteiger partial charge on any atom is -0.462 e. The first kappa shape index (κ1) is 49.4. The molecule has 50 heavy (non-hydrogen) atoms. The monoisotopic (exact) mass is 706 g/mol. The molecule has 0 aromatic rings. The third kappa shape index (κ3) is 33.3. The molecular weight excluding hydrogens is 611 g/mol. The van der Waals surface area contributed by atoms with Gasteiger partial charge in [0.2, 0.25) is 0 Å². The van der Waals surface area contributed by atoms with Crippen molar-refractivity contribution < 1.29 is 9.53 Å². The van der Waals surface area contributed by atoms with Crippen molar-refractivity contribution in [3.8, 4) is 0 Å². The zero-order chi connectivity index (χ0) is 37.7. The van der Waals surface area contributed by atoms with E-state index in [1.54, 1.807) is 0 Å². The summed E-state index contributed by atoms with van der Waals surface area (Å²) in [7, 11) is 4.15. The van der Waals surface area contributed by atoms with Crippen molar-refractivity contribution in [3.05, 3.63) is 0 Å². The molecule has 3 heteroatoms. The number of hydrogen-bond donors (Lipinski definition) is 0. The SMILES string of the molecule is CC(C)CCCC(C)CCCC(C)CCCC(C)CCC(CCC(C)CCC[C@@H](C)CCCC(C)CCCC(C)C)OC(=O)CCCN(C)C. The summed E-state index contributed by atoms with van der Waals surface area (Å²) in [4.78, 5) is 14.9. The van der Waals surface area contributed by atoms with Crippen molar-refractivity contribution >= 4 is 5.97 Å². The highest BCUT2D eigenvalue weighted by Crippen LogP contribution is 2.27. The molecule has 0 spiro atoms. The Morgan fingerprint density at radius 1 is 0.400 bits per heavy atom. The van der Waals surface area contributed by atoms with Gasteiger partial charge in [-0.25, -0.2) is 0 Å². The fourth-order valence-electron chi connectivity index (χ4n) is 7.86. The van der Waals surface area contributed by atoms with E-state index in [-0.39, 0.29) is 12.1 Å². The average molecular weight is 706 g/mol. The van der Waals surface area contributed by atoms with Gasteiger partial charge in [0, 0.05) is 6.42 Å². The summed E-state index contributed by atoms with van der Waals surface area (Å²) in [5, 5.41) is 0. The number of ether oxygens (including phenoxy) is 1. The van der Waals surface area contributed by atoms with Crippen molar-refractivity contribution in [1.82, 2.24) is 4.90 Å². The summed E-state index contributed by atoms with van der Waals surface area (Å²) < 4.78 is 6.16. The molecule has 0 aromatic heterocycles. The first-order valence-electron chi connectivity index (χ1n) is 22.5. The van der Waals surface area contributed by atoms with Gasteiger partial charge >= 0.3 is 5.97 Å². The molecule has 0 amide bonds. The minimum atomic E-state index is 0.0169. The highest BCUT2D eigenvalue weighted by Gasteiger charge is 2.18. The van der Waals surface area contributed by atoms with Crippen molar-refractivity contribution in [2.45, 2.75) is 229 Å². The topological polar surface area (TPSA) is 29.5 Å². The number of carbonyl (C=O) groups is 1. The highest BCUT2D eigenvalue weighted by molar-refractivity contribution is 5.69. The van der Waals surface area contributed by atoms with Gasteiger partial charge in [0.05, 0.1) is 0 Å². The predicted molar refractivity (Wildman–Crippen MR) is 224 cm³/mol. The van der Waals surface area contributed by atoms with E-state index in [9.17, 15) is 4.79 Å². The van der Waals surface area contributed by atoms with Crippen LogP contribution in [0.5, 0.6) is 0 Å². The van der Waals surface area contributed by atoms with Crippen LogP contribution in [0.4, 0.5) is 0 Å². The van der Waals surface area contributed by atoms with Crippen molar-refractivity contribution in [3.63, 3.8) is 0 Å². The van der Waals surface area contributed by atoms with E-state index in [4.69, 9.17) is 4.74 Å². The lowest BCUT2D eigenvalue weighted by Gasteiger charge is -2.22. The molecule has 6 unspecified atom stereocenters. The predicted octanol–water partition coefficient (Wildman–Crippen LogP) is 15.0. The molecule has 0 bridgehead atoms. The quantitative estimate of drug-likeness (QED) is 0.0615. The van der Waals surface area contributed by atoms with Crippen LogP contribution in [0.1, 0.15) is 223 Å². The van der Waals surface area contributed by atoms with E-state index >= 15 is 0 Å². The lowest BCUT2D eigenvalue weighted by atomic mass is 9.89. The maximum Gasteiger partial charge on any atom is 0.306 e. The molecule has 0 aromatic carbocycles. The second-order valence-electron chi connectivity index (χ2n) is 19.2. The molecule has 0 heterocycles. The van der Waals surface area contributed by atoms with Crippen LogP contribution in [0.15, 0.2) is 0 Å². The van der Waals surface area contributed by atoms with Gasteiger partial charge in [0.25, 0.3) is 0 Å². The molecule has 0 N–H and O–H groups in total. The van der Waals surface area contributed by atoms with Gasteiger partial charge < -0.3 is 9.64 Å². The fourth-order valence-corrected chi connectivity index (χ4v) is 7.86. The number of hydrogen-bond acceptors (Lipinski definition) is 3. The van der Waals surface area contributed by atoms with Crippen molar-refractivity contribution in [2.75, 3.05) is 20.6 Å². The molecule has 0 aliphatic carbocycles. The second kappa shape index (κ2) is 31.9. The van der Waals surface area contributed by atoms with Crippen LogP contribution in [-0.4, -0.2) is 37.6 Å². The molecule has 7 atom stereocenters. The maximum absolute atomic E-state index is 12.8. The Kier molecular flexibility index (Phi) is 31.5. The zero-order valence-electron chi connectivity index (χ0n) is 36.6. The highest BCUT2D eigenvalue weighted by atomic mass is 16.5. The standard InChI is InChI=1S/C47H95NO2/c1-38(2)20-13-22-40(5)24-15-26-42(7)28-17-30-44(9)33-35-46(50-47(49)32-19-37-48(11)12)36-34-45(10)31-18-29-43(8)27-16-25-41(6)23-14-21-39(3)4/h38-46H,13-37H2,1-12H3/t40?,41?,42-,43?,44?,45?,46?/m0/s1. The van der Waals surface area contributed by atoms with Crippen LogP contribution in [0.25, 0.3) is 0 Å². The Hall–Kier alpha value is -0.570. The van der Waals surface area contributed by atoms with Gasteiger partial charge in [-0.3, -0.25) is 4.79 Å². The second-order valence-corrected chi connectivity index (χ2v) is 19.2. The Labute approximate surface area is 317 Å². The minimum absolute atomic E-state index is 0.0169. The van der Waals surface area contributed by atoms with Crippen LogP contribution in [0, 0.1) is 47.3 Å². The van der Waals surface area contributed by atoms with E-state index < -0.39 is 0 Å². The smallest absolute Gasteiger partial charge is 0.306 e. The number of rotatable bonds is 35. The maximum atomic E-state index is 12.8. The van der Waals surface area contributed by atoms with Crippen LogP contribution in [-0.2, 0) is 9.53 Å². The van der Waals surface area contributed by atoms with Gasteiger partial charge in [-0.2, -0.15) is 0 Å². The molecule has 300 valence electrons. The molecule has 0 radical (unpaired) electrons. The summed E-state index contributed by atoms with van der Waals surface area (Å²) in [6.07, 6.45) is 30.8. The summed E-state index contributed by atoms with van der Waals surface area (Å²) >= 11 is 0. The van der Waals surface area contributed by atoms with E-state index in [1.165, 1.54) is 128 Å². The number of esters is 1. The molecular formula is C47H95NO2. The summed E-state index contributed by atoms with van der Waals surface area (Å²) in [6.45, 7) is 25.0. The number of nitrogens with zero attached hydrogens (tertiary/aromatic N) is 1. The normalized spacial score (nSPS) is 16.5. The molecule has 0 aliphatic heterocycles. The van der Waals surface area contributed by atoms with Crippen LogP contribution < -0.4 is 0 Å². The fraction of sp³-hybridized carbons (Fsp3) is 0.979.